The molecule has 0 fully saturated rings. The molecule has 2 N–H and O–H groups in total. The second kappa shape index (κ2) is 6.25. The van der Waals surface area contributed by atoms with Crippen molar-refractivity contribution in [3.05, 3.63) is 20.8 Å². The third kappa shape index (κ3) is 4.32. The molecule has 3 nitrogen and oxygen atoms in total. The van der Waals surface area contributed by atoms with Crippen molar-refractivity contribution in [3.8, 4) is 0 Å². The first-order chi connectivity index (χ1) is 7.13. The van der Waals surface area contributed by atoms with Gasteiger partial charge in [-0.1, -0.05) is 6.92 Å². The van der Waals surface area contributed by atoms with Crippen molar-refractivity contribution in [3.63, 3.8) is 0 Å². The Morgan fingerprint density at radius 3 is 2.87 bits per heavy atom. The van der Waals surface area contributed by atoms with E-state index in [1.54, 1.807) is 11.3 Å². The average molecular weight is 292 g/mol. The van der Waals surface area contributed by atoms with E-state index in [-0.39, 0.29) is 0 Å². The Morgan fingerprint density at radius 1 is 1.67 bits per heavy atom. The number of rotatable bonds is 6. The molecule has 0 aliphatic rings. The molecule has 1 heterocycles. The summed E-state index contributed by atoms with van der Waals surface area (Å²) in [5, 5.41) is 11.8. The van der Waals surface area contributed by atoms with Gasteiger partial charge in [-0.2, -0.15) is 0 Å². The highest BCUT2D eigenvalue weighted by Crippen LogP contribution is 2.22. The minimum atomic E-state index is -0.773. The fourth-order valence-corrected chi connectivity index (χ4v) is 2.74. The van der Waals surface area contributed by atoms with Crippen molar-refractivity contribution in [2.75, 3.05) is 6.54 Å². The Bertz CT molecular complexity index is 327. The van der Waals surface area contributed by atoms with E-state index in [2.05, 4.69) is 27.3 Å². The van der Waals surface area contributed by atoms with Gasteiger partial charge in [-0.3, -0.25) is 4.79 Å². The maximum Gasteiger partial charge on any atom is 0.320 e. The summed E-state index contributed by atoms with van der Waals surface area (Å²) in [4.78, 5) is 12.0. The molecule has 0 aliphatic carbocycles. The lowest BCUT2D eigenvalue weighted by molar-refractivity contribution is -0.139. The first-order valence-electron chi connectivity index (χ1n) is 4.84. The van der Waals surface area contributed by atoms with Gasteiger partial charge in [-0.05, 0) is 40.9 Å². The second-order valence-electron chi connectivity index (χ2n) is 3.21. The molecule has 0 bridgehead atoms. The highest BCUT2D eigenvalue weighted by atomic mass is 79.9. The van der Waals surface area contributed by atoms with Gasteiger partial charge in [-0.25, -0.2) is 0 Å². The van der Waals surface area contributed by atoms with Gasteiger partial charge in [0, 0.05) is 11.4 Å². The maximum absolute atomic E-state index is 10.7. The van der Waals surface area contributed by atoms with E-state index in [4.69, 9.17) is 5.11 Å². The summed E-state index contributed by atoms with van der Waals surface area (Å²) in [6, 6.07) is 3.64. The number of nitrogens with one attached hydrogen (secondary N) is 1. The number of thiophene rings is 1. The zero-order chi connectivity index (χ0) is 11.3. The number of carboxylic acids is 1. The SMILES string of the molecule is CCC(NCCc1ccc(Br)s1)C(=O)O. The molecule has 84 valence electrons. The lowest BCUT2D eigenvalue weighted by Gasteiger charge is -2.10. The lowest BCUT2D eigenvalue weighted by atomic mass is 10.2. The minimum Gasteiger partial charge on any atom is -0.480 e. The fourth-order valence-electron chi connectivity index (χ4n) is 1.26. The molecule has 5 heteroatoms. The normalized spacial score (nSPS) is 12.7. The smallest absolute Gasteiger partial charge is 0.320 e. The van der Waals surface area contributed by atoms with E-state index >= 15 is 0 Å². The van der Waals surface area contributed by atoms with Gasteiger partial charge >= 0.3 is 5.97 Å². The van der Waals surface area contributed by atoms with Gasteiger partial charge in [0.15, 0.2) is 0 Å². The third-order valence-electron chi connectivity index (χ3n) is 2.10. The summed E-state index contributed by atoms with van der Waals surface area (Å²) in [6.07, 6.45) is 1.49. The molecule has 0 radical (unpaired) electrons. The van der Waals surface area contributed by atoms with Crippen LogP contribution in [0.1, 0.15) is 18.2 Å². The monoisotopic (exact) mass is 291 g/mol. The molecular weight excluding hydrogens is 278 g/mol. The Labute approximate surface area is 102 Å². The summed E-state index contributed by atoms with van der Waals surface area (Å²) >= 11 is 5.08. The lowest BCUT2D eigenvalue weighted by Crippen LogP contribution is -2.37. The number of hydrogen-bond donors (Lipinski definition) is 2. The quantitative estimate of drug-likeness (QED) is 0.847. The Balaban J connectivity index is 2.29. The zero-order valence-corrected chi connectivity index (χ0v) is 10.9. The molecule has 15 heavy (non-hydrogen) atoms. The summed E-state index contributed by atoms with van der Waals surface area (Å²) in [5.74, 6) is -0.773. The van der Waals surface area contributed by atoms with Gasteiger partial charge in [0.25, 0.3) is 0 Å². The highest BCUT2D eigenvalue weighted by Gasteiger charge is 2.13. The molecule has 0 saturated heterocycles. The van der Waals surface area contributed by atoms with E-state index in [9.17, 15) is 4.79 Å². The number of carboxylic acid groups (broad SMARTS) is 1. The molecule has 1 unspecified atom stereocenters. The van der Waals surface area contributed by atoms with Crippen molar-refractivity contribution >= 4 is 33.2 Å². The molecule has 1 atom stereocenters. The van der Waals surface area contributed by atoms with Crippen molar-refractivity contribution in [2.24, 2.45) is 0 Å². The predicted octanol–water partition coefficient (Wildman–Crippen LogP) is 2.51. The van der Waals surface area contributed by atoms with Crippen LogP contribution in [0.3, 0.4) is 0 Å². The van der Waals surface area contributed by atoms with Gasteiger partial charge < -0.3 is 10.4 Å². The fraction of sp³-hybridized carbons (Fsp3) is 0.500. The standard InChI is InChI=1S/C10H14BrNO2S/c1-2-8(10(13)14)12-6-5-7-3-4-9(11)15-7/h3-4,8,12H,2,5-6H2,1H3,(H,13,14). The first kappa shape index (κ1) is 12.7. The van der Waals surface area contributed by atoms with Crippen molar-refractivity contribution in [1.82, 2.24) is 5.32 Å². The molecule has 0 aromatic carbocycles. The van der Waals surface area contributed by atoms with E-state index in [0.29, 0.717) is 13.0 Å². The first-order valence-corrected chi connectivity index (χ1v) is 6.44. The summed E-state index contributed by atoms with van der Waals surface area (Å²) < 4.78 is 1.11. The largest absolute Gasteiger partial charge is 0.480 e. The predicted molar refractivity (Wildman–Crippen MR) is 65.4 cm³/mol. The Hall–Kier alpha value is -0.390. The van der Waals surface area contributed by atoms with Gasteiger partial charge in [0.1, 0.15) is 6.04 Å². The summed E-state index contributed by atoms with van der Waals surface area (Å²) in [5.41, 5.74) is 0. The van der Waals surface area contributed by atoms with E-state index in [1.165, 1.54) is 4.88 Å². The van der Waals surface area contributed by atoms with Crippen LogP contribution in [0.2, 0.25) is 0 Å². The van der Waals surface area contributed by atoms with E-state index < -0.39 is 12.0 Å². The van der Waals surface area contributed by atoms with Gasteiger partial charge in [0.05, 0.1) is 3.79 Å². The van der Waals surface area contributed by atoms with Gasteiger partial charge in [-0.15, -0.1) is 11.3 Å². The number of carbonyl (C=O) groups is 1. The maximum atomic E-state index is 10.7. The van der Waals surface area contributed by atoms with Crippen LogP contribution >= 0.6 is 27.3 Å². The van der Waals surface area contributed by atoms with Crippen molar-refractivity contribution in [1.29, 1.82) is 0 Å². The molecule has 1 aromatic heterocycles. The molecule has 0 saturated carbocycles. The number of aliphatic carboxylic acids is 1. The second-order valence-corrected chi connectivity index (χ2v) is 5.76. The van der Waals surface area contributed by atoms with Crippen LogP contribution in [0.5, 0.6) is 0 Å². The molecule has 1 aromatic rings. The molecular formula is C10H14BrNO2S. The zero-order valence-electron chi connectivity index (χ0n) is 8.50. The number of halogens is 1. The highest BCUT2D eigenvalue weighted by molar-refractivity contribution is 9.11. The summed E-state index contributed by atoms with van der Waals surface area (Å²) in [7, 11) is 0. The van der Waals surface area contributed by atoms with Crippen molar-refractivity contribution in [2.45, 2.75) is 25.8 Å². The van der Waals surface area contributed by atoms with Crippen LogP contribution in [0, 0.1) is 0 Å². The van der Waals surface area contributed by atoms with Crippen molar-refractivity contribution < 1.29 is 9.90 Å². The molecule has 1 rings (SSSR count). The topological polar surface area (TPSA) is 49.3 Å². The number of hydrogen-bond acceptors (Lipinski definition) is 3. The van der Waals surface area contributed by atoms with Crippen LogP contribution in [0.15, 0.2) is 15.9 Å². The third-order valence-corrected chi connectivity index (χ3v) is 3.78. The van der Waals surface area contributed by atoms with Crippen LogP contribution in [0.4, 0.5) is 0 Å². The Kier molecular flexibility index (Phi) is 5.28. The molecule has 0 aliphatic heterocycles. The molecule has 0 amide bonds. The van der Waals surface area contributed by atoms with E-state index in [0.717, 1.165) is 10.2 Å². The molecule has 0 spiro atoms. The van der Waals surface area contributed by atoms with E-state index in [1.807, 2.05) is 13.0 Å². The van der Waals surface area contributed by atoms with Crippen LogP contribution in [-0.2, 0) is 11.2 Å². The van der Waals surface area contributed by atoms with Crippen LogP contribution in [-0.4, -0.2) is 23.7 Å². The van der Waals surface area contributed by atoms with Crippen LogP contribution < -0.4 is 5.32 Å². The summed E-state index contributed by atoms with van der Waals surface area (Å²) in [6.45, 7) is 2.57. The Morgan fingerprint density at radius 2 is 2.40 bits per heavy atom. The average Bonchev–Trinajstić information content (AvgIpc) is 2.58. The minimum absolute atomic E-state index is 0.423. The van der Waals surface area contributed by atoms with Gasteiger partial charge in [0.2, 0.25) is 0 Å². The van der Waals surface area contributed by atoms with Crippen LogP contribution in [0.25, 0.3) is 0 Å².